The molecule has 0 atom stereocenters. The standard InChI is InChI=1S/C32H25BrF6N4O4/c1-31(2,3)47-30(44)42-18-11-21(35)24(22(36)12-18)27-25(33)26-28(29(41-16-40-26)46-15-32(37,38)39)43(27)19-9-10-23(20(34)13-19)45-14-17-7-5-4-6-8-17/h4-13,16H,14-15H2,1-3H3,(H,42,44). The number of nitrogens with one attached hydrogen (secondary N) is 1. The highest BCUT2D eigenvalue weighted by molar-refractivity contribution is 9.10. The fraction of sp³-hybridized carbons (Fsp3) is 0.219. The Kier molecular flexibility index (Phi) is 9.39. The van der Waals surface area contributed by atoms with Crippen LogP contribution in [-0.4, -0.2) is 39.0 Å². The number of hydrogen-bond donors (Lipinski definition) is 1. The lowest BCUT2D eigenvalue weighted by atomic mass is 10.1. The van der Waals surface area contributed by atoms with Crippen LogP contribution in [0.4, 0.5) is 36.8 Å². The Bertz CT molecular complexity index is 1920. The third kappa shape index (κ3) is 7.79. The van der Waals surface area contributed by atoms with Crippen LogP contribution in [0.2, 0.25) is 0 Å². The molecule has 3 aromatic carbocycles. The largest absolute Gasteiger partial charge is 0.486 e. The zero-order chi connectivity index (χ0) is 34.1. The molecule has 0 aliphatic rings. The number of aromatic nitrogens is 3. The minimum atomic E-state index is -4.76. The molecule has 5 aromatic rings. The Balaban J connectivity index is 1.65. The second kappa shape index (κ2) is 13.1. The normalized spacial score (nSPS) is 11.9. The van der Waals surface area contributed by atoms with Gasteiger partial charge in [-0.2, -0.15) is 18.2 Å². The number of fused-ring (bicyclic) bond motifs is 1. The van der Waals surface area contributed by atoms with E-state index in [4.69, 9.17) is 14.2 Å². The van der Waals surface area contributed by atoms with Crippen LogP contribution in [0.3, 0.4) is 0 Å². The van der Waals surface area contributed by atoms with Crippen LogP contribution >= 0.6 is 15.9 Å². The maximum Gasteiger partial charge on any atom is 0.422 e. The van der Waals surface area contributed by atoms with Crippen LogP contribution in [-0.2, 0) is 11.3 Å². The minimum Gasteiger partial charge on any atom is -0.486 e. The molecular weight excluding hydrogens is 698 g/mol. The Hall–Kier alpha value is -4.79. The molecule has 2 aromatic heterocycles. The summed E-state index contributed by atoms with van der Waals surface area (Å²) < 4.78 is 103. The molecule has 1 N–H and O–H groups in total. The summed E-state index contributed by atoms with van der Waals surface area (Å²) in [5.41, 5.74) is -1.81. The van der Waals surface area contributed by atoms with E-state index in [0.29, 0.717) is 0 Å². The lowest BCUT2D eigenvalue weighted by molar-refractivity contribution is -0.153. The van der Waals surface area contributed by atoms with E-state index in [1.54, 1.807) is 45.0 Å². The van der Waals surface area contributed by atoms with Crippen LogP contribution in [0.25, 0.3) is 28.0 Å². The highest BCUT2D eigenvalue weighted by Gasteiger charge is 2.32. The predicted octanol–water partition coefficient (Wildman–Crippen LogP) is 9.13. The first-order chi connectivity index (χ1) is 22.1. The highest BCUT2D eigenvalue weighted by Crippen LogP contribution is 2.44. The summed E-state index contributed by atoms with van der Waals surface area (Å²) in [5, 5.41) is 2.25. The van der Waals surface area contributed by atoms with E-state index in [-0.39, 0.29) is 44.9 Å². The summed E-state index contributed by atoms with van der Waals surface area (Å²) in [5.74, 6) is -4.00. The van der Waals surface area contributed by atoms with E-state index in [1.165, 1.54) is 12.1 Å². The van der Waals surface area contributed by atoms with Gasteiger partial charge in [-0.1, -0.05) is 30.3 Å². The summed E-state index contributed by atoms with van der Waals surface area (Å²) in [6.07, 6.45) is -4.81. The average Bonchev–Trinajstić information content (AvgIpc) is 3.26. The molecule has 2 heterocycles. The van der Waals surface area contributed by atoms with Crippen molar-refractivity contribution in [2.75, 3.05) is 11.9 Å². The number of ether oxygens (including phenoxy) is 3. The SMILES string of the molecule is CC(C)(C)OC(=O)Nc1cc(F)c(-c2c(Br)c3ncnc(OCC(F)(F)F)c3n2-c2ccc(OCc3ccccc3)c(F)c2)c(F)c1. The monoisotopic (exact) mass is 722 g/mol. The predicted molar refractivity (Wildman–Crippen MR) is 164 cm³/mol. The smallest absolute Gasteiger partial charge is 0.422 e. The molecule has 0 saturated heterocycles. The van der Waals surface area contributed by atoms with Gasteiger partial charge in [0.2, 0.25) is 5.88 Å². The molecule has 0 spiro atoms. The van der Waals surface area contributed by atoms with Crippen LogP contribution in [0.5, 0.6) is 11.6 Å². The molecule has 0 radical (unpaired) electrons. The van der Waals surface area contributed by atoms with Crippen LogP contribution in [0, 0.1) is 17.5 Å². The Labute approximate surface area is 272 Å². The minimum absolute atomic E-state index is 0.0315. The Morgan fingerprint density at radius 3 is 2.21 bits per heavy atom. The van der Waals surface area contributed by atoms with Crippen LogP contribution < -0.4 is 14.8 Å². The number of alkyl halides is 3. The Morgan fingerprint density at radius 2 is 1.60 bits per heavy atom. The molecule has 8 nitrogen and oxygen atoms in total. The van der Waals surface area contributed by atoms with Gasteiger partial charge in [-0.05, 0) is 66.5 Å². The molecular formula is C32H25BrF6N4O4. The van der Waals surface area contributed by atoms with Crippen molar-refractivity contribution >= 4 is 38.7 Å². The quantitative estimate of drug-likeness (QED) is 0.161. The second-order valence-corrected chi connectivity index (χ2v) is 11.9. The average molecular weight is 723 g/mol. The molecule has 0 aliphatic carbocycles. The lowest BCUT2D eigenvalue weighted by Crippen LogP contribution is -2.27. The zero-order valence-electron chi connectivity index (χ0n) is 24.9. The molecule has 0 fully saturated rings. The third-order valence-electron chi connectivity index (χ3n) is 6.36. The third-order valence-corrected chi connectivity index (χ3v) is 7.11. The van der Waals surface area contributed by atoms with Gasteiger partial charge < -0.3 is 18.8 Å². The van der Waals surface area contributed by atoms with Crippen molar-refractivity contribution in [3.05, 3.63) is 94.5 Å². The maximum absolute atomic E-state index is 15.8. The van der Waals surface area contributed by atoms with Crippen molar-refractivity contribution in [3.8, 4) is 28.6 Å². The van der Waals surface area contributed by atoms with Crippen molar-refractivity contribution < 1.29 is 45.3 Å². The van der Waals surface area contributed by atoms with Crippen LogP contribution in [0.1, 0.15) is 26.3 Å². The number of rotatable bonds is 8. The second-order valence-electron chi connectivity index (χ2n) is 11.1. The van der Waals surface area contributed by atoms with Gasteiger partial charge in [-0.25, -0.2) is 22.9 Å². The molecule has 0 unspecified atom stereocenters. The van der Waals surface area contributed by atoms with Gasteiger partial charge in [-0.3, -0.25) is 5.32 Å². The van der Waals surface area contributed by atoms with Crippen molar-refractivity contribution in [1.29, 1.82) is 0 Å². The molecule has 5 rings (SSSR count). The molecule has 47 heavy (non-hydrogen) atoms. The van der Waals surface area contributed by atoms with Crippen molar-refractivity contribution in [2.45, 2.75) is 39.2 Å². The van der Waals surface area contributed by atoms with E-state index in [0.717, 1.165) is 34.7 Å². The molecule has 0 saturated carbocycles. The van der Waals surface area contributed by atoms with Gasteiger partial charge in [0, 0.05) is 17.4 Å². The number of carbonyl (C=O) groups is 1. The summed E-state index contributed by atoms with van der Waals surface area (Å²) in [6.45, 7) is 3.10. The number of halogens is 7. The van der Waals surface area contributed by atoms with E-state index < -0.39 is 53.4 Å². The van der Waals surface area contributed by atoms with E-state index in [1.807, 2.05) is 6.07 Å². The fourth-order valence-corrected chi connectivity index (χ4v) is 5.22. The van der Waals surface area contributed by atoms with E-state index in [9.17, 15) is 18.0 Å². The summed E-state index contributed by atoms with van der Waals surface area (Å²) in [6, 6.07) is 14.2. The summed E-state index contributed by atoms with van der Waals surface area (Å²) in [7, 11) is 0. The number of anilines is 1. The van der Waals surface area contributed by atoms with Gasteiger partial charge in [0.25, 0.3) is 0 Å². The zero-order valence-corrected chi connectivity index (χ0v) is 26.5. The summed E-state index contributed by atoms with van der Waals surface area (Å²) in [4.78, 5) is 20.1. The first kappa shape index (κ1) is 33.6. The number of amides is 1. The number of benzene rings is 3. The first-order valence-corrected chi connectivity index (χ1v) is 14.6. The number of hydrogen-bond acceptors (Lipinski definition) is 6. The maximum atomic E-state index is 15.8. The fourth-order valence-electron chi connectivity index (χ4n) is 4.56. The van der Waals surface area contributed by atoms with Gasteiger partial charge >= 0.3 is 12.3 Å². The van der Waals surface area contributed by atoms with Crippen molar-refractivity contribution in [3.63, 3.8) is 0 Å². The highest BCUT2D eigenvalue weighted by atomic mass is 79.9. The van der Waals surface area contributed by atoms with E-state index >= 15 is 13.2 Å². The first-order valence-electron chi connectivity index (χ1n) is 13.8. The van der Waals surface area contributed by atoms with E-state index in [2.05, 4.69) is 31.2 Å². The van der Waals surface area contributed by atoms with Gasteiger partial charge in [0.05, 0.1) is 15.7 Å². The van der Waals surface area contributed by atoms with Gasteiger partial charge in [0.1, 0.15) is 41.2 Å². The topological polar surface area (TPSA) is 87.5 Å². The molecule has 0 bridgehead atoms. The van der Waals surface area contributed by atoms with Crippen molar-refractivity contribution in [1.82, 2.24) is 14.5 Å². The molecule has 15 heteroatoms. The van der Waals surface area contributed by atoms with Crippen molar-refractivity contribution in [2.24, 2.45) is 0 Å². The molecule has 1 amide bonds. The Morgan fingerprint density at radius 1 is 0.915 bits per heavy atom. The number of nitrogens with zero attached hydrogens (tertiary/aromatic N) is 3. The van der Waals surface area contributed by atoms with Gasteiger partial charge in [-0.15, -0.1) is 0 Å². The van der Waals surface area contributed by atoms with Gasteiger partial charge in [0.15, 0.2) is 18.2 Å². The summed E-state index contributed by atoms with van der Waals surface area (Å²) >= 11 is 3.28. The lowest BCUT2D eigenvalue weighted by Gasteiger charge is -2.20. The van der Waals surface area contributed by atoms with Crippen LogP contribution in [0.15, 0.2) is 71.5 Å². The molecule has 246 valence electrons. The molecule has 0 aliphatic heterocycles. The number of carbonyl (C=O) groups excluding carboxylic acids is 1.